The molecule has 0 unspecified atom stereocenters. The molecule has 0 saturated carbocycles. The zero-order chi connectivity index (χ0) is 20.1. The fraction of sp³-hybridized carbons (Fsp3) is 0.273. The van der Waals surface area contributed by atoms with Gasteiger partial charge in [0, 0.05) is 18.0 Å². The molecule has 1 atom stereocenters. The number of nitrogens with zero attached hydrogens (tertiary/aromatic N) is 2. The quantitative estimate of drug-likeness (QED) is 0.600. The van der Waals surface area contributed by atoms with Crippen LogP contribution in [-0.4, -0.2) is 28.3 Å². The molecular weight excluding hydrogens is 370 g/mol. The van der Waals surface area contributed by atoms with Gasteiger partial charge in [-0.1, -0.05) is 42.1 Å². The molecule has 0 fully saturated rings. The molecule has 0 bridgehead atoms. The summed E-state index contributed by atoms with van der Waals surface area (Å²) in [5.74, 6) is 1.02. The molecule has 0 aliphatic carbocycles. The van der Waals surface area contributed by atoms with Crippen LogP contribution in [0, 0.1) is 13.8 Å². The molecule has 1 N–H and O–H groups in total. The molecule has 0 aliphatic heterocycles. The van der Waals surface area contributed by atoms with Crippen LogP contribution in [0.4, 0.5) is 0 Å². The first kappa shape index (κ1) is 20.0. The average Bonchev–Trinajstić information content (AvgIpc) is 3.16. The highest BCUT2D eigenvalue weighted by Gasteiger charge is 2.15. The van der Waals surface area contributed by atoms with Gasteiger partial charge in [0.2, 0.25) is 5.91 Å². The van der Waals surface area contributed by atoms with Crippen LogP contribution in [-0.2, 0) is 4.79 Å². The topological polar surface area (TPSA) is 56.1 Å². The van der Waals surface area contributed by atoms with Gasteiger partial charge in [-0.25, -0.2) is 4.98 Å². The van der Waals surface area contributed by atoms with Crippen molar-refractivity contribution in [1.29, 1.82) is 0 Å². The summed E-state index contributed by atoms with van der Waals surface area (Å²) in [6.07, 6.45) is 3.69. The number of benzene rings is 2. The molecule has 3 rings (SSSR count). The average molecular weight is 396 g/mol. The van der Waals surface area contributed by atoms with Gasteiger partial charge in [0.15, 0.2) is 5.16 Å². The Kier molecular flexibility index (Phi) is 6.41. The van der Waals surface area contributed by atoms with Gasteiger partial charge >= 0.3 is 0 Å². The van der Waals surface area contributed by atoms with Gasteiger partial charge in [-0.05, 0) is 44.0 Å². The summed E-state index contributed by atoms with van der Waals surface area (Å²) in [6, 6.07) is 13.8. The number of nitrogens with one attached hydrogen (secondary N) is 1. The molecule has 6 heteroatoms. The van der Waals surface area contributed by atoms with Crippen LogP contribution in [0.15, 0.2) is 60.0 Å². The molecule has 0 radical (unpaired) electrons. The number of carbonyl (C=O) groups excluding carboxylic acids is 1. The van der Waals surface area contributed by atoms with E-state index in [1.54, 1.807) is 13.3 Å². The monoisotopic (exact) mass is 395 g/mol. The minimum atomic E-state index is -0.136. The normalized spacial score (nSPS) is 11.9. The Morgan fingerprint density at radius 1 is 1.21 bits per heavy atom. The van der Waals surface area contributed by atoms with Gasteiger partial charge in [-0.3, -0.25) is 9.36 Å². The maximum atomic E-state index is 12.5. The van der Waals surface area contributed by atoms with E-state index < -0.39 is 0 Å². The van der Waals surface area contributed by atoms with Crippen molar-refractivity contribution in [2.75, 3.05) is 12.9 Å². The van der Waals surface area contributed by atoms with E-state index in [0.29, 0.717) is 5.75 Å². The minimum absolute atomic E-state index is 0.0427. The lowest BCUT2D eigenvalue weighted by atomic mass is 10.1. The van der Waals surface area contributed by atoms with Crippen LogP contribution in [0.2, 0.25) is 0 Å². The van der Waals surface area contributed by atoms with E-state index in [0.717, 1.165) is 22.2 Å². The summed E-state index contributed by atoms with van der Waals surface area (Å²) >= 11 is 1.43. The molecule has 146 valence electrons. The number of hydrogen-bond donors (Lipinski definition) is 1. The lowest BCUT2D eigenvalue weighted by molar-refractivity contribution is -0.119. The van der Waals surface area contributed by atoms with Crippen LogP contribution in [0.3, 0.4) is 0 Å². The number of hydrogen-bond acceptors (Lipinski definition) is 4. The van der Waals surface area contributed by atoms with Gasteiger partial charge in [0.25, 0.3) is 0 Å². The number of imidazole rings is 1. The molecule has 0 aliphatic rings. The van der Waals surface area contributed by atoms with Crippen LogP contribution < -0.4 is 10.1 Å². The fourth-order valence-electron chi connectivity index (χ4n) is 3.09. The van der Waals surface area contributed by atoms with Gasteiger partial charge in [-0.15, -0.1) is 0 Å². The molecule has 5 nitrogen and oxygen atoms in total. The molecule has 1 heterocycles. The van der Waals surface area contributed by atoms with Crippen molar-refractivity contribution >= 4 is 17.7 Å². The maximum Gasteiger partial charge on any atom is 0.230 e. The Hall–Kier alpha value is -2.73. The van der Waals surface area contributed by atoms with Crippen molar-refractivity contribution in [2.45, 2.75) is 32.0 Å². The Morgan fingerprint density at radius 2 is 2.00 bits per heavy atom. The largest absolute Gasteiger partial charge is 0.496 e. The third kappa shape index (κ3) is 4.39. The van der Waals surface area contributed by atoms with E-state index in [1.165, 1.54) is 22.9 Å². The number of methoxy groups -OCH3 is 1. The molecular formula is C22H25N3O2S. The third-order valence-corrected chi connectivity index (χ3v) is 5.72. The summed E-state index contributed by atoms with van der Waals surface area (Å²) in [5, 5.41) is 3.84. The number of rotatable bonds is 7. The zero-order valence-electron chi connectivity index (χ0n) is 16.6. The second-order valence-corrected chi connectivity index (χ2v) is 7.56. The molecule has 0 spiro atoms. The molecule has 3 aromatic rings. The lowest BCUT2D eigenvalue weighted by Gasteiger charge is -2.17. The first-order valence-electron chi connectivity index (χ1n) is 9.16. The Labute approximate surface area is 170 Å². The standard InChI is InChI=1S/C22H25N3O2S/c1-15-8-7-10-19(16(15)2)25-13-12-23-22(25)28-14-21(26)24-17(3)18-9-5-6-11-20(18)27-4/h5-13,17H,14H2,1-4H3,(H,24,26)/t17-/m1/s1. The summed E-state index contributed by atoms with van der Waals surface area (Å²) in [7, 11) is 1.64. The first-order chi connectivity index (χ1) is 13.5. The molecule has 1 amide bonds. The number of amides is 1. The Bertz CT molecular complexity index is 968. The SMILES string of the molecule is COc1ccccc1[C@@H](C)NC(=O)CSc1nccn1-c1cccc(C)c1C. The van der Waals surface area contributed by atoms with E-state index in [-0.39, 0.29) is 11.9 Å². The van der Waals surface area contributed by atoms with E-state index in [1.807, 2.05) is 48.0 Å². The summed E-state index contributed by atoms with van der Waals surface area (Å²) in [4.78, 5) is 16.9. The predicted molar refractivity (Wildman–Crippen MR) is 113 cm³/mol. The molecule has 2 aromatic carbocycles. The van der Waals surface area contributed by atoms with E-state index in [9.17, 15) is 4.79 Å². The number of carbonyl (C=O) groups is 1. The van der Waals surface area contributed by atoms with Crippen molar-refractivity contribution in [1.82, 2.24) is 14.9 Å². The van der Waals surface area contributed by atoms with E-state index >= 15 is 0 Å². The maximum absolute atomic E-state index is 12.5. The second-order valence-electron chi connectivity index (χ2n) is 6.62. The lowest BCUT2D eigenvalue weighted by Crippen LogP contribution is -2.28. The zero-order valence-corrected chi connectivity index (χ0v) is 17.4. The number of thioether (sulfide) groups is 1. The first-order valence-corrected chi connectivity index (χ1v) is 10.1. The van der Waals surface area contributed by atoms with Gasteiger partial charge in [-0.2, -0.15) is 0 Å². The summed E-state index contributed by atoms with van der Waals surface area (Å²) in [5.41, 5.74) is 4.48. The van der Waals surface area contributed by atoms with Gasteiger partial charge in [0.05, 0.1) is 24.6 Å². The highest BCUT2D eigenvalue weighted by Crippen LogP contribution is 2.26. The van der Waals surface area contributed by atoms with E-state index in [4.69, 9.17) is 4.74 Å². The van der Waals surface area contributed by atoms with Crippen molar-refractivity contribution in [2.24, 2.45) is 0 Å². The predicted octanol–water partition coefficient (Wildman–Crippen LogP) is 4.47. The highest BCUT2D eigenvalue weighted by atomic mass is 32.2. The van der Waals surface area contributed by atoms with Crippen LogP contribution in [0.1, 0.15) is 29.7 Å². The smallest absolute Gasteiger partial charge is 0.230 e. The van der Waals surface area contributed by atoms with Crippen LogP contribution >= 0.6 is 11.8 Å². The second kappa shape index (κ2) is 8.97. The number of aryl methyl sites for hydroxylation is 1. The molecule has 1 aromatic heterocycles. The molecule has 28 heavy (non-hydrogen) atoms. The van der Waals surface area contributed by atoms with Crippen molar-refractivity contribution in [3.63, 3.8) is 0 Å². The summed E-state index contributed by atoms with van der Waals surface area (Å²) in [6.45, 7) is 6.15. The van der Waals surface area contributed by atoms with Crippen molar-refractivity contribution in [3.05, 3.63) is 71.5 Å². The Morgan fingerprint density at radius 3 is 2.79 bits per heavy atom. The summed E-state index contributed by atoms with van der Waals surface area (Å²) < 4.78 is 7.41. The van der Waals surface area contributed by atoms with E-state index in [2.05, 4.69) is 36.3 Å². The Balaban J connectivity index is 1.66. The third-order valence-electron chi connectivity index (χ3n) is 4.76. The highest BCUT2D eigenvalue weighted by molar-refractivity contribution is 7.99. The number of aromatic nitrogens is 2. The fourth-order valence-corrected chi connectivity index (χ4v) is 3.87. The minimum Gasteiger partial charge on any atom is -0.496 e. The van der Waals surface area contributed by atoms with Crippen LogP contribution in [0.25, 0.3) is 5.69 Å². The molecule has 0 saturated heterocycles. The van der Waals surface area contributed by atoms with Gasteiger partial charge in [0.1, 0.15) is 5.75 Å². The van der Waals surface area contributed by atoms with Crippen LogP contribution in [0.5, 0.6) is 5.75 Å². The number of ether oxygens (including phenoxy) is 1. The van der Waals surface area contributed by atoms with Gasteiger partial charge < -0.3 is 10.1 Å². The van der Waals surface area contributed by atoms with Crippen molar-refractivity contribution < 1.29 is 9.53 Å². The van der Waals surface area contributed by atoms with Crippen molar-refractivity contribution in [3.8, 4) is 11.4 Å². The number of para-hydroxylation sites is 1.